The van der Waals surface area contributed by atoms with Crippen molar-refractivity contribution in [3.63, 3.8) is 0 Å². The van der Waals surface area contributed by atoms with Gasteiger partial charge in [-0.2, -0.15) is 0 Å². The molecule has 7 nitrogen and oxygen atoms in total. The highest BCUT2D eigenvalue weighted by atomic mass is 35.5. The average molecular weight is 409 g/mol. The summed E-state index contributed by atoms with van der Waals surface area (Å²) in [5.41, 5.74) is 1.53. The number of halogens is 2. The molecule has 0 fully saturated rings. The van der Waals surface area contributed by atoms with Gasteiger partial charge in [-0.15, -0.1) is 10.2 Å². The van der Waals surface area contributed by atoms with Gasteiger partial charge in [-0.1, -0.05) is 41.0 Å². The molecule has 2 aromatic heterocycles. The van der Waals surface area contributed by atoms with Gasteiger partial charge in [0.05, 0.1) is 5.75 Å². The maximum absolute atomic E-state index is 12.0. The van der Waals surface area contributed by atoms with Crippen LogP contribution >= 0.6 is 35.0 Å². The number of hydrogen-bond acceptors (Lipinski definition) is 6. The molecule has 134 valence electrons. The zero-order chi connectivity index (χ0) is 18.5. The van der Waals surface area contributed by atoms with Crippen LogP contribution in [0.25, 0.3) is 11.4 Å². The molecule has 26 heavy (non-hydrogen) atoms. The second kappa shape index (κ2) is 8.39. The van der Waals surface area contributed by atoms with E-state index >= 15 is 0 Å². The number of carbonyl (C=O) groups excluding carboxylic acids is 1. The molecule has 0 spiro atoms. The lowest BCUT2D eigenvalue weighted by Crippen LogP contribution is -2.25. The predicted octanol–water partition coefficient (Wildman–Crippen LogP) is 2.77. The van der Waals surface area contributed by atoms with Crippen LogP contribution in [0.15, 0.2) is 47.9 Å². The second-order valence-corrected chi connectivity index (χ2v) is 7.01. The summed E-state index contributed by atoms with van der Waals surface area (Å²) in [6.45, 7) is 0.311. The van der Waals surface area contributed by atoms with E-state index in [4.69, 9.17) is 29.0 Å². The number of rotatable bonds is 6. The van der Waals surface area contributed by atoms with Gasteiger partial charge in [0, 0.05) is 34.5 Å². The molecule has 0 aliphatic carbocycles. The summed E-state index contributed by atoms with van der Waals surface area (Å²) in [4.78, 5) is 16.1. The summed E-state index contributed by atoms with van der Waals surface area (Å²) in [5, 5.41) is 12.3. The van der Waals surface area contributed by atoms with E-state index in [0.29, 0.717) is 27.6 Å². The largest absolute Gasteiger partial charge is 0.351 e. The maximum Gasteiger partial charge on any atom is 0.230 e. The van der Waals surface area contributed by atoms with Crippen molar-refractivity contribution in [2.24, 2.45) is 0 Å². The number of pyridine rings is 1. The standard InChI is InChI=1S/C16H14Cl2N6OS/c17-12-4-3-10(13(18)6-12)8-21-14(25)9-26-16-23-22-15(24(16)19)11-2-1-5-20-7-11/h1-7H,8-9,19H2,(H,21,25). The smallest absolute Gasteiger partial charge is 0.230 e. The fourth-order valence-corrected chi connectivity index (χ4v) is 3.27. The van der Waals surface area contributed by atoms with Crippen LogP contribution in [0.2, 0.25) is 10.0 Å². The summed E-state index contributed by atoms with van der Waals surface area (Å²) in [6, 6.07) is 8.75. The topological polar surface area (TPSA) is 98.7 Å². The summed E-state index contributed by atoms with van der Waals surface area (Å²) >= 11 is 13.1. The van der Waals surface area contributed by atoms with Gasteiger partial charge >= 0.3 is 0 Å². The molecule has 0 aliphatic heterocycles. The van der Waals surface area contributed by atoms with E-state index in [1.54, 1.807) is 36.7 Å². The lowest BCUT2D eigenvalue weighted by molar-refractivity contribution is -0.118. The molecule has 10 heteroatoms. The van der Waals surface area contributed by atoms with E-state index in [0.717, 1.165) is 11.1 Å². The van der Waals surface area contributed by atoms with Crippen molar-refractivity contribution in [3.8, 4) is 11.4 Å². The second-order valence-electron chi connectivity index (χ2n) is 5.22. The SMILES string of the molecule is Nn1c(SCC(=O)NCc2ccc(Cl)cc2Cl)nnc1-c1cccnc1. The van der Waals surface area contributed by atoms with Crippen molar-refractivity contribution in [1.82, 2.24) is 25.2 Å². The third-order valence-electron chi connectivity index (χ3n) is 3.41. The molecule has 3 aromatic rings. The first-order valence-electron chi connectivity index (χ1n) is 7.49. The average Bonchev–Trinajstić information content (AvgIpc) is 3.00. The first-order chi connectivity index (χ1) is 12.5. The number of benzene rings is 1. The number of nitrogens with zero attached hydrogens (tertiary/aromatic N) is 4. The fraction of sp³-hybridized carbons (Fsp3) is 0.125. The predicted molar refractivity (Wildman–Crippen MR) is 102 cm³/mol. The Morgan fingerprint density at radius 2 is 2.12 bits per heavy atom. The van der Waals surface area contributed by atoms with Gasteiger partial charge in [0.25, 0.3) is 0 Å². The van der Waals surface area contributed by atoms with Gasteiger partial charge in [-0.25, -0.2) is 4.68 Å². The molecule has 0 saturated carbocycles. The number of carbonyl (C=O) groups is 1. The first kappa shape index (κ1) is 18.5. The van der Waals surface area contributed by atoms with Crippen LogP contribution < -0.4 is 11.2 Å². The Bertz CT molecular complexity index is 918. The van der Waals surface area contributed by atoms with E-state index in [1.807, 2.05) is 6.07 Å². The van der Waals surface area contributed by atoms with Crippen molar-refractivity contribution < 1.29 is 4.79 Å². The van der Waals surface area contributed by atoms with E-state index in [1.165, 1.54) is 16.4 Å². The van der Waals surface area contributed by atoms with Gasteiger partial charge in [0.1, 0.15) is 0 Å². The van der Waals surface area contributed by atoms with Gasteiger partial charge < -0.3 is 11.2 Å². The molecule has 0 unspecified atom stereocenters. The number of amides is 1. The molecule has 1 amide bonds. The molecule has 0 aliphatic rings. The Labute approximate surface area is 163 Å². The number of nitrogen functional groups attached to an aromatic ring is 1. The first-order valence-corrected chi connectivity index (χ1v) is 9.23. The highest BCUT2D eigenvalue weighted by molar-refractivity contribution is 7.99. The lowest BCUT2D eigenvalue weighted by Gasteiger charge is -2.07. The number of aromatic nitrogens is 4. The molecule has 0 radical (unpaired) electrons. The van der Waals surface area contributed by atoms with Crippen molar-refractivity contribution >= 4 is 40.9 Å². The Kier molecular flexibility index (Phi) is 5.97. The number of thioether (sulfide) groups is 1. The maximum atomic E-state index is 12.0. The molecular weight excluding hydrogens is 395 g/mol. The van der Waals surface area contributed by atoms with Crippen LogP contribution in [-0.2, 0) is 11.3 Å². The van der Waals surface area contributed by atoms with Crippen LogP contribution in [0.5, 0.6) is 0 Å². The van der Waals surface area contributed by atoms with Gasteiger partial charge in [-0.05, 0) is 29.8 Å². The van der Waals surface area contributed by atoms with Crippen LogP contribution in [0, 0.1) is 0 Å². The molecular formula is C16H14Cl2N6OS. The minimum absolute atomic E-state index is 0.146. The molecule has 0 atom stereocenters. The normalized spacial score (nSPS) is 10.7. The zero-order valence-electron chi connectivity index (χ0n) is 13.4. The molecule has 2 heterocycles. The van der Waals surface area contributed by atoms with Gasteiger partial charge in [-0.3, -0.25) is 9.78 Å². The Balaban J connectivity index is 1.56. The van der Waals surface area contributed by atoms with Crippen LogP contribution in [0.3, 0.4) is 0 Å². The Hall–Kier alpha value is -2.29. The summed E-state index contributed by atoms with van der Waals surface area (Å²) in [5.74, 6) is 6.45. The molecule has 1 aromatic carbocycles. The van der Waals surface area contributed by atoms with Crippen molar-refractivity contribution in [2.45, 2.75) is 11.7 Å². The molecule has 0 bridgehead atoms. The Morgan fingerprint density at radius 1 is 1.27 bits per heavy atom. The quantitative estimate of drug-likeness (QED) is 0.480. The number of hydrogen-bond donors (Lipinski definition) is 2. The van der Waals surface area contributed by atoms with E-state index in [-0.39, 0.29) is 11.7 Å². The molecule has 0 saturated heterocycles. The third kappa shape index (κ3) is 4.46. The van der Waals surface area contributed by atoms with Crippen molar-refractivity contribution in [1.29, 1.82) is 0 Å². The van der Waals surface area contributed by atoms with E-state index < -0.39 is 0 Å². The number of nitrogens with one attached hydrogen (secondary N) is 1. The van der Waals surface area contributed by atoms with Crippen molar-refractivity contribution in [3.05, 3.63) is 58.3 Å². The fourth-order valence-electron chi connectivity index (χ4n) is 2.11. The lowest BCUT2D eigenvalue weighted by atomic mass is 10.2. The summed E-state index contributed by atoms with van der Waals surface area (Å²) < 4.78 is 1.34. The Morgan fingerprint density at radius 3 is 2.85 bits per heavy atom. The molecule has 3 N–H and O–H groups in total. The van der Waals surface area contributed by atoms with Gasteiger partial charge in [0.2, 0.25) is 11.1 Å². The summed E-state index contributed by atoms with van der Waals surface area (Å²) in [6.07, 6.45) is 3.30. The monoisotopic (exact) mass is 408 g/mol. The zero-order valence-corrected chi connectivity index (χ0v) is 15.7. The minimum Gasteiger partial charge on any atom is -0.351 e. The number of nitrogens with two attached hydrogens (primary N) is 1. The highest BCUT2D eigenvalue weighted by Crippen LogP contribution is 2.22. The van der Waals surface area contributed by atoms with Crippen molar-refractivity contribution in [2.75, 3.05) is 11.6 Å². The highest BCUT2D eigenvalue weighted by Gasteiger charge is 2.14. The van der Waals surface area contributed by atoms with Gasteiger partial charge in [0.15, 0.2) is 5.82 Å². The minimum atomic E-state index is -0.174. The molecule has 3 rings (SSSR count). The summed E-state index contributed by atoms with van der Waals surface area (Å²) in [7, 11) is 0. The van der Waals surface area contributed by atoms with Crippen LogP contribution in [-0.4, -0.2) is 31.5 Å². The van der Waals surface area contributed by atoms with E-state index in [9.17, 15) is 4.79 Å². The van der Waals surface area contributed by atoms with Crippen LogP contribution in [0.1, 0.15) is 5.56 Å². The van der Waals surface area contributed by atoms with E-state index in [2.05, 4.69) is 20.5 Å². The third-order valence-corrected chi connectivity index (χ3v) is 4.94. The van der Waals surface area contributed by atoms with Crippen LogP contribution in [0.4, 0.5) is 0 Å².